The molecule has 1 aromatic carbocycles. The van der Waals surface area contributed by atoms with Gasteiger partial charge in [-0.25, -0.2) is 0 Å². The highest BCUT2D eigenvalue weighted by Crippen LogP contribution is 2.14. The van der Waals surface area contributed by atoms with Crippen LogP contribution in [-0.4, -0.2) is 155 Å². The zero-order valence-electron chi connectivity index (χ0n) is 30.2. The summed E-state index contributed by atoms with van der Waals surface area (Å²) in [6.45, 7) is 7.45. The van der Waals surface area contributed by atoms with Gasteiger partial charge in [-0.15, -0.1) is 4.91 Å². The standard InChI is InChI=1S/C34H56N4O14/c1-28(39)27-52-30-4-2-29(3-5-30)26-31(37-32(40)6-10-44-14-18-48-22-24-50-20-16-46-12-8-35)34(42)36-9-13-47-17-21-51-25-23-49-19-15-45-11-7-33(41)38-43/h2-5,31H,6-27,35H2,1H3,(H,36,42)(H,37,40)/t31-/m0/s1. The molecule has 1 rings (SSSR count). The molecule has 0 aliphatic heterocycles. The molecule has 0 aliphatic carbocycles. The summed E-state index contributed by atoms with van der Waals surface area (Å²) in [5.41, 5.74) is 6.13. The molecular formula is C34H56N4O14. The number of carbonyl (C=O) groups is 4. The highest BCUT2D eigenvalue weighted by molar-refractivity contribution is 5.87. The van der Waals surface area contributed by atoms with E-state index in [0.29, 0.717) is 91.6 Å². The van der Waals surface area contributed by atoms with Gasteiger partial charge in [0.05, 0.1) is 112 Å². The van der Waals surface area contributed by atoms with E-state index in [1.165, 1.54) is 6.92 Å². The first-order valence-electron chi connectivity index (χ1n) is 17.3. The van der Waals surface area contributed by atoms with Gasteiger partial charge >= 0.3 is 0 Å². The third kappa shape index (κ3) is 28.2. The van der Waals surface area contributed by atoms with Gasteiger partial charge in [-0.2, -0.15) is 0 Å². The van der Waals surface area contributed by atoms with Crippen LogP contribution in [0.3, 0.4) is 0 Å². The fraction of sp³-hybridized carbons (Fsp3) is 0.706. The van der Waals surface area contributed by atoms with Crippen LogP contribution >= 0.6 is 0 Å². The molecule has 0 unspecified atom stereocenters. The lowest BCUT2D eigenvalue weighted by molar-refractivity contribution is -0.129. The third-order valence-electron chi connectivity index (χ3n) is 6.53. The topological polar surface area (TPSA) is 231 Å². The van der Waals surface area contributed by atoms with E-state index in [4.69, 9.17) is 48.4 Å². The number of hydrogen-bond acceptors (Lipinski definition) is 15. The molecule has 0 spiro atoms. The monoisotopic (exact) mass is 744 g/mol. The molecule has 18 nitrogen and oxygen atoms in total. The predicted octanol–water partition coefficient (Wildman–Crippen LogP) is -0.0374. The summed E-state index contributed by atoms with van der Waals surface area (Å²) in [4.78, 5) is 57.7. The van der Waals surface area contributed by atoms with E-state index in [9.17, 15) is 24.1 Å². The number of ether oxygens (including phenoxy) is 9. The van der Waals surface area contributed by atoms with Crippen LogP contribution in [-0.2, 0) is 63.5 Å². The van der Waals surface area contributed by atoms with Crippen LogP contribution in [0.5, 0.6) is 5.75 Å². The van der Waals surface area contributed by atoms with E-state index in [-0.39, 0.29) is 76.4 Å². The molecule has 0 aromatic heterocycles. The molecule has 4 N–H and O–H groups in total. The third-order valence-corrected chi connectivity index (χ3v) is 6.53. The van der Waals surface area contributed by atoms with E-state index in [2.05, 4.69) is 15.8 Å². The van der Waals surface area contributed by atoms with Crippen molar-refractivity contribution in [1.29, 1.82) is 0 Å². The number of rotatable bonds is 36. The number of carbonyl (C=O) groups excluding carboxylic acids is 4. The number of amides is 3. The van der Waals surface area contributed by atoms with Crippen LogP contribution in [0.4, 0.5) is 0 Å². The Labute approximate surface area is 304 Å². The minimum absolute atomic E-state index is 0.0387. The van der Waals surface area contributed by atoms with Gasteiger partial charge in [-0.1, -0.05) is 12.1 Å². The maximum Gasteiger partial charge on any atom is 0.288 e. The normalized spacial score (nSPS) is 11.6. The molecule has 1 aromatic rings. The average Bonchev–Trinajstić information content (AvgIpc) is 3.14. The van der Waals surface area contributed by atoms with Crippen molar-refractivity contribution in [2.75, 3.05) is 125 Å². The maximum absolute atomic E-state index is 13.1. The second-order valence-electron chi connectivity index (χ2n) is 10.9. The summed E-state index contributed by atoms with van der Waals surface area (Å²) in [5, 5.41) is 7.87. The molecule has 0 saturated carbocycles. The molecule has 3 amide bonds. The number of Topliss-reactive ketones (excluding diaryl/α,β-unsaturated/α-hetero) is 1. The second kappa shape index (κ2) is 33.4. The fourth-order valence-corrected chi connectivity index (χ4v) is 3.96. The number of nitrogens with two attached hydrogens (primary N) is 1. The van der Waals surface area contributed by atoms with Crippen LogP contribution in [0.25, 0.3) is 0 Å². The Bertz CT molecular complexity index is 1100. The van der Waals surface area contributed by atoms with Crippen molar-refractivity contribution in [3.05, 3.63) is 34.7 Å². The number of nitrogens with zero attached hydrogens (tertiary/aromatic N) is 1. The summed E-state index contributed by atoms with van der Waals surface area (Å²) in [6.07, 6.45) is 0.223. The minimum atomic E-state index is -0.856. The van der Waals surface area contributed by atoms with Gasteiger partial charge in [0.15, 0.2) is 5.78 Å². The zero-order chi connectivity index (χ0) is 37.9. The van der Waals surface area contributed by atoms with E-state index in [0.717, 1.165) is 5.56 Å². The first-order chi connectivity index (χ1) is 25.3. The van der Waals surface area contributed by atoms with Gasteiger partial charge in [-0.3, -0.25) is 19.2 Å². The summed E-state index contributed by atoms with van der Waals surface area (Å²) < 4.78 is 48.4. The average molecular weight is 745 g/mol. The Morgan fingerprint density at radius 2 is 1.12 bits per heavy atom. The molecule has 296 valence electrons. The van der Waals surface area contributed by atoms with Gasteiger partial charge in [-0.05, 0) is 24.6 Å². The number of ketones is 1. The van der Waals surface area contributed by atoms with Crippen LogP contribution in [0.15, 0.2) is 29.4 Å². The second-order valence-corrected chi connectivity index (χ2v) is 10.9. The Kier molecular flexibility index (Phi) is 29.9. The zero-order valence-corrected chi connectivity index (χ0v) is 30.2. The lowest BCUT2D eigenvalue weighted by Crippen LogP contribution is -2.48. The van der Waals surface area contributed by atoms with Gasteiger partial charge in [0.25, 0.3) is 5.91 Å². The highest BCUT2D eigenvalue weighted by Gasteiger charge is 2.21. The van der Waals surface area contributed by atoms with Crippen molar-refractivity contribution in [2.45, 2.75) is 32.2 Å². The van der Waals surface area contributed by atoms with Crippen molar-refractivity contribution in [3.63, 3.8) is 0 Å². The van der Waals surface area contributed by atoms with E-state index >= 15 is 0 Å². The van der Waals surface area contributed by atoms with Crippen molar-refractivity contribution < 1.29 is 61.8 Å². The van der Waals surface area contributed by atoms with Gasteiger partial charge < -0.3 is 59.0 Å². The molecule has 52 heavy (non-hydrogen) atoms. The summed E-state index contributed by atoms with van der Waals surface area (Å²) in [7, 11) is 0. The number of benzene rings is 1. The molecule has 0 bridgehead atoms. The van der Waals surface area contributed by atoms with Gasteiger partial charge in [0.2, 0.25) is 11.8 Å². The van der Waals surface area contributed by atoms with Crippen LogP contribution in [0.1, 0.15) is 25.3 Å². The van der Waals surface area contributed by atoms with Gasteiger partial charge in [0, 0.05) is 31.1 Å². The Balaban J connectivity index is 2.32. The lowest BCUT2D eigenvalue weighted by atomic mass is 10.0. The number of hydrogen-bond donors (Lipinski definition) is 3. The SMILES string of the molecule is CC(=O)COc1ccc(C[C@H](NC(=O)CCOCCOCCOCCOCCN)C(=O)NCCOCCOCCOCCOCCC(=O)N=O)cc1. The van der Waals surface area contributed by atoms with Gasteiger partial charge in [0.1, 0.15) is 18.4 Å². The van der Waals surface area contributed by atoms with E-state index in [1.807, 2.05) is 0 Å². The number of nitroso groups, excluding NO2 is 1. The van der Waals surface area contributed by atoms with Crippen LogP contribution in [0, 0.1) is 4.91 Å². The first kappa shape index (κ1) is 46.6. The largest absolute Gasteiger partial charge is 0.486 e. The quantitative estimate of drug-likeness (QED) is 0.0605. The molecule has 0 heterocycles. The smallest absolute Gasteiger partial charge is 0.288 e. The van der Waals surface area contributed by atoms with Crippen molar-refractivity contribution in [1.82, 2.24) is 10.6 Å². The Hall–Kier alpha value is -3.46. The summed E-state index contributed by atoms with van der Waals surface area (Å²) in [5.74, 6) is -1.05. The Morgan fingerprint density at radius 3 is 1.60 bits per heavy atom. The molecule has 18 heteroatoms. The summed E-state index contributed by atoms with van der Waals surface area (Å²) >= 11 is 0. The predicted molar refractivity (Wildman–Crippen MR) is 187 cm³/mol. The molecule has 0 radical (unpaired) electrons. The number of nitrogens with one attached hydrogen (secondary N) is 2. The van der Waals surface area contributed by atoms with Crippen molar-refractivity contribution in [3.8, 4) is 5.75 Å². The Morgan fingerprint density at radius 1 is 0.654 bits per heavy atom. The molecule has 0 fully saturated rings. The van der Waals surface area contributed by atoms with E-state index < -0.39 is 11.9 Å². The van der Waals surface area contributed by atoms with E-state index in [1.54, 1.807) is 24.3 Å². The minimum Gasteiger partial charge on any atom is -0.486 e. The molecule has 0 aliphatic rings. The van der Waals surface area contributed by atoms with Crippen molar-refractivity contribution >= 4 is 23.5 Å². The lowest BCUT2D eigenvalue weighted by Gasteiger charge is -2.19. The molecule has 0 saturated heterocycles. The fourth-order valence-electron chi connectivity index (χ4n) is 3.96. The summed E-state index contributed by atoms with van der Waals surface area (Å²) in [6, 6.07) is 6.09. The molecule has 1 atom stereocenters. The van der Waals surface area contributed by atoms with Crippen LogP contribution < -0.4 is 21.1 Å². The maximum atomic E-state index is 13.1. The molecular weight excluding hydrogens is 688 g/mol. The van der Waals surface area contributed by atoms with Crippen molar-refractivity contribution in [2.24, 2.45) is 10.9 Å². The first-order valence-corrected chi connectivity index (χ1v) is 17.3. The van der Waals surface area contributed by atoms with Crippen LogP contribution in [0.2, 0.25) is 0 Å². The highest BCUT2D eigenvalue weighted by atomic mass is 16.6.